The summed E-state index contributed by atoms with van der Waals surface area (Å²) in [7, 11) is 0. The maximum atomic E-state index is 6.13. The number of halogens is 1. The quantitative estimate of drug-likeness (QED) is 0.876. The van der Waals surface area contributed by atoms with E-state index >= 15 is 0 Å². The highest BCUT2D eigenvalue weighted by atomic mass is 79.9. The van der Waals surface area contributed by atoms with Crippen LogP contribution in [-0.2, 0) is 6.42 Å². The van der Waals surface area contributed by atoms with Crippen LogP contribution in [0.25, 0.3) is 0 Å². The van der Waals surface area contributed by atoms with Crippen LogP contribution in [0.5, 0.6) is 5.75 Å². The first-order chi connectivity index (χ1) is 9.22. The van der Waals surface area contributed by atoms with Gasteiger partial charge in [-0.3, -0.25) is 0 Å². The van der Waals surface area contributed by atoms with Gasteiger partial charge in [0.2, 0.25) is 0 Å². The van der Waals surface area contributed by atoms with Gasteiger partial charge in [0.15, 0.2) is 0 Å². The van der Waals surface area contributed by atoms with Crippen LogP contribution >= 0.6 is 15.9 Å². The molecule has 0 radical (unpaired) electrons. The van der Waals surface area contributed by atoms with Gasteiger partial charge in [0.25, 0.3) is 0 Å². The third kappa shape index (κ3) is 4.22. The molecule has 2 nitrogen and oxygen atoms in total. The zero-order valence-electron chi connectivity index (χ0n) is 11.7. The van der Waals surface area contributed by atoms with Crippen LogP contribution in [0.3, 0.4) is 0 Å². The van der Waals surface area contributed by atoms with E-state index in [1.807, 2.05) is 0 Å². The van der Waals surface area contributed by atoms with Crippen LogP contribution < -0.4 is 10.5 Å². The molecule has 1 aliphatic carbocycles. The molecule has 0 aromatic heterocycles. The summed E-state index contributed by atoms with van der Waals surface area (Å²) in [6, 6.07) is 6.31. The molecule has 0 saturated heterocycles. The summed E-state index contributed by atoms with van der Waals surface area (Å²) in [6.45, 7) is 2.98. The second-order valence-electron chi connectivity index (χ2n) is 5.47. The van der Waals surface area contributed by atoms with Gasteiger partial charge in [0.1, 0.15) is 5.75 Å². The number of benzene rings is 1. The highest BCUT2D eigenvalue weighted by Gasteiger charge is 2.21. The predicted molar refractivity (Wildman–Crippen MR) is 83.6 cm³/mol. The van der Waals surface area contributed by atoms with E-state index in [0.29, 0.717) is 12.6 Å². The number of hydrogen-bond donors (Lipinski definition) is 1. The minimum atomic E-state index is 0.388. The zero-order chi connectivity index (χ0) is 13.7. The molecule has 3 heteroatoms. The van der Waals surface area contributed by atoms with Crippen molar-refractivity contribution in [1.82, 2.24) is 0 Å². The maximum Gasteiger partial charge on any atom is 0.133 e. The van der Waals surface area contributed by atoms with Gasteiger partial charge in [-0.25, -0.2) is 0 Å². The molecule has 2 N–H and O–H groups in total. The number of hydrogen-bond acceptors (Lipinski definition) is 2. The highest BCUT2D eigenvalue weighted by molar-refractivity contribution is 9.10. The Bertz CT molecular complexity index is 400. The SMILES string of the molecule is CCC1CCC(Oc2ccc(CCN)cc2Br)CC1. The Kier molecular flexibility index (Phi) is 5.71. The Hall–Kier alpha value is -0.540. The predicted octanol–water partition coefficient (Wildman–Crippen LogP) is 4.30. The lowest BCUT2D eigenvalue weighted by Gasteiger charge is -2.28. The van der Waals surface area contributed by atoms with E-state index in [0.717, 1.165) is 22.6 Å². The number of rotatable bonds is 5. The number of nitrogens with two attached hydrogens (primary N) is 1. The lowest BCUT2D eigenvalue weighted by atomic mass is 9.86. The first-order valence-electron chi connectivity index (χ1n) is 7.38. The molecule has 0 amide bonds. The average Bonchev–Trinajstić information content (AvgIpc) is 2.43. The molecule has 1 aliphatic rings. The molecule has 0 atom stereocenters. The highest BCUT2D eigenvalue weighted by Crippen LogP contribution is 2.32. The smallest absolute Gasteiger partial charge is 0.133 e. The topological polar surface area (TPSA) is 35.2 Å². The summed E-state index contributed by atoms with van der Waals surface area (Å²) >= 11 is 3.60. The summed E-state index contributed by atoms with van der Waals surface area (Å²) in [5, 5.41) is 0. The van der Waals surface area contributed by atoms with Gasteiger partial charge in [-0.05, 0) is 78.2 Å². The van der Waals surface area contributed by atoms with Crippen molar-refractivity contribution in [2.45, 2.75) is 51.6 Å². The summed E-state index contributed by atoms with van der Waals surface area (Å²) in [5.74, 6) is 1.89. The first-order valence-corrected chi connectivity index (χ1v) is 8.17. The fraction of sp³-hybridized carbons (Fsp3) is 0.625. The maximum absolute atomic E-state index is 6.13. The molecule has 106 valence electrons. The van der Waals surface area contributed by atoms with E-state index in [9.17, 15) is 0 Å². The van der Waals surface area contributed by atoms with Gasteiger partial charge in [0, 0.05) is 0 Å². The van der Waals surface area contributed by atoms with E-state index in [-0.39, 0.29) is 0 Å². The lowest BCUT2D eigenvalue weighted by molar-refractivity contribution is 0.129. The van der Waals surface area contributed by atoms with Crippen LogP contribution in [0, 0.1) is 5.92 Å². The Balaban J connectivity index is 1.92. The molecule has 0 bridgehead atoms. The molecule has 1 saturated carbocycles. The molecule has 0 spiro atoms. The van der Waals surface area contributed by atoms with Crippen LogP contribution in [0.2, 0.25) is 0 Å². The normalized spacial score (nSPS) is 23.3. The third-order valence-corrected chi connectivity index (χ3v) is 4.71. The Morgan fingerprint density at radius 3 is 2.58 bits per heavy atom. The molecular weight excluding hydrogens is 302 g/mol. The molecule has 0 heterocycles. The van der Waals surface area contributed by atoms with Gasteiger partial charge in [-0.2, -0.15) is 0 Å². The molecule has 1 fully saturated rings. The van der Waals surface area contributed by atoms with Crippen molar-refractivity contribution < 1.29 is 4.74 Å². The van der Waals surface area contributed by atoms with Crippen molar-refractivity contribution in [3.8, 4) is 5.75 Å². The molecular formula is C16H24BrNO. The number of ether oxygens (including phenoxy) is 1. The van der Waals surface area contributed by atoms with Gasteiger partial charge in [-0.15, -0.1) is 0 Å². The molecule has 1 aromatic rings. The van der Waals surface area contributed by atoms with Crippen LogP contribution in [0.4, 0.5) is 0 Å². The molecule has 1 aromatic carbocycles. The largest absolute Gasteiger partial charge is 0.489 e. The summed E-state index contributed by atoms with van der Waals surface area (Å²) in [6.07, 6.45) is 7.61. The minimum absolute atomic E-state index is 0.388. The first kappa shape index (κ1) is 14.9. The van der Waals surface area contributed by atoms with Crippen molar-refractivity contribution in [2.75, 3.05) is 6.54 Å². The fourth-order valence-electron chi connectivity index (χ4n) is 2.80. The Labute approximate surface area is 124 Å². The second-order valence-corrected chi connectivity index (χ2v) is 6.33. The van der Waals surface area contributed by atoms with Crippen LogP contribution in [0.1, 0.15) is 44.6 Å². The van der Waals surface area contributed by atoms with E-state index in [2.05, 4.69) is 41.1 Å². The molecule has 19 heavy (non-hydrogen) atoms. The van der Waals surface area contributed by atoms with Gasteiger partial charge in [0.05, 0.1) is 10.6 Å². The fourth-order valence-corrected chi connectivity index (χ4v) is 3.32. The summed E-state index contributed by atoms with van der Waals surface area (Å²) in [4.78, 5) is 0. The van der Waals surface area contributed by atoms with E-state index in [1.54, 1.807) is 0 Å². The Morgan fingerprint density at radius 1 is 1.26 bits per heavy atom. The monoisotopic (exact) mass is 325 g/mol. The van der Waals surface area contributed by atoms with Gasteiger partial charge < -0.3 is 10.5 Å². The standard InChI is InChI=1S/C16H24BrNO/c1-2-12-3-6-14(7-4-12)19-16-8-5-13(9-10-18)11-15(16)17/h5,8,11-12,14H,2-4,6-7,9-10,18H2,1H3. The minimum Gasteiger partial charge on any atom is -0.489 e. The van der Waals surface area contributed by atoms with E-state index in [4.69, 9.17) is 10.5 Å². The van der Waals surface area contributed by atoms with Crippen LogP contribution in [-0.4, -0.2) is 12.6 Å². The van der Waals surface area contributed by atoms with E-state index in [1.165, 1.54) is 37.7 Å². The summed E-state index contributed by atoms with van der Waals surface area (Å²) < 4.78 is 7.19. The zero-order valence-corrected chi connectivity index (χ0v) is 13.3. The molecule has 0 aliphatic heterocycles. The Morgan fingerprint density at radius 2 is 2.00 bits per heavy atom. The van der Waals surface area contributed by atoms with Crippen molar-refractivity contribution >= 4 is 15.9 Å². The second kappa shape index (κ2) is 7.30. The van der Waals surface area contributed by atoms with Gasteiger partial charge >= 0.3 is 0 Å². The van der Waals surface area contributed by atoms with Crippen LogP contribution in [0.15, 0.2) is 22.7 Å². The average molecular weight is 326 g/mol. The third-order valence-electron chi connectivity index (χ3n) is 4.09. The van der Waals surface area contributed by atoms with Crippen molar-refractivity contribution in [2.24, 2.45) is 11.7 Å². The van der Waals surface area contributed by atoms with Crippen molar-refractivity contribution in [3.05, 3.63) is 28.2 Å². The van der Waals surface area contributed by atoms with Gasteiger partial charge in [-0.1, -0.05) is 19.4 Å². The molecule has 2 rings (SSSR count). The van der Waals surface area contributed by atoms with E-state index < -0.39 is 0 Å². The molecule has 0 unspecified atom stereocenters. The summed E-state index contributed by atoms with van der Waals surface area (Å²) in [5.41, 5.74) is 6.84. The lowest BCUT2D eigenvalue weighted by Crippen LogP contribution is -2.24. The van der Waals surface area contributed by atoms with Crippen molar-refractivity contribution in [3.63, 3.8) is 0 Å². The van der Waals surface area contributed by atoms with Crippen molar-refractivity contribution in [1.29, 1.82) is 0 Å².